The maximum absolute atomic E-state index is 12.3. The molecule has 0 unspecified atom stereocenters. The van der Waals surface area contributed by atoms with E-state index in [1.54, 1.807) is 18.3 Å². The number of anilines is 2. The van der Waals surface area contributed by atoms with Crippen LogP contribution in [0.2, 0.25) is 5.28 Å². The van der Waals surface area contributed by atoms with Crippen LogP contribution in [0.25, 0.3) is 11.0 Å². The van der Waals surface area contributed by atoms with Gasteiger partial charge in [0.25, 0.3) is 0 Å². The van der Waals surface area contributed by atoms with E-state index < -0.39 is 18.8 Å². The van der Waals surface area contributed by atoms with E-state index in [2.05, 4.69) is 30.1 Å². The lowest BCUT2D eigenvalue weighted by atomic mass is 10.3. The maximum Gasteiger partial charge on any atom is 0.411 e. The van der Waals surface area contributed by atoms with Gasteiger partial charge in [-0.15, -0.1) is 0 Å². The summed E-state index contributed by atoms with van der Waals surface area (Å²) in [5.74, 6) is -0.183. The number of hydrogen-bond acceptors (Lipinski definition) is 8. The van der Waals surface area contributed by atoms with Gasteiger partial charge >= 0.3 is 12.1 Å². The van der Waals surface area contributed by atoms with Crippen LogP contribution < -0.4 is 5.32 Å². The van der Waals surface area contributed by atoms with E-state index in [1.807, 2.05) is 6.92 Å². The van der Waals surface area contributed by atoms with Crippen molar-refractivity contribution in [2.75, 3.05) is 25.6 Å². The zero-order valence-corrected chi connectivity index (χ0v) is 16.6. The smallest absolute Gasteiger partial charge is 0.411 e. The van der Waals surface area contributed by atoms with Gasteiger partial charge in [0, 0.05) is 6.20 Å². The summed E-state index contributed by atoms with van der Waals surface area (Å²) < 4.78 is 47.6. The number of aryl methyl sites for hydroxylation is 1. The number of nitrogens with one attached hydrogen (secondary N) is 1. The SMILES string of the molecule is COC(=O)c1nn(CCOCC(F)(F)F)c2c(Nc3cc(C)ccn3)nc(Cl)nc12. The van der Waals surface area contributed by atoms with Crippen molar-refractivity contribution in [3.63, 3.8) is 0 Å². The van der Waals surface area contributed by atoms with Crippen molar-refractivity contribution in [3.8, 4) is 0 Å². The second kappa shape index (κ2) is 8.79. The van der Waals surface area contributed by atoms with E-state index in [1.165, 1.54) is 4.68 Å². The molecule has 9 nitrogen and oxygen atoms in total. The van der Waals surface area contributed by atoms with Crippen molar-refractivity contribution in [1.29, 1.82) is 0 Å². The number of rotatable bonds is 7. The van der Waals surface area contributed by atoms with E-state index in [4.69, 9.17) is 16.3 Å². The molecule has 3 rings (SSSR count). The molecule has 1 N–H and O–H groups in total. The number of carbonyl (C=O) groups is 1. The van der Waals surface area contributed by atoms with Crippen LogP contribution in [0.1, 0.15) is 16.1 Å². The lowest BCUT2D eigenvalue weighted by molar-refractivity contribution is -0.174. The Bertz CT molecular complexity index is 1070. The summed E-state index contributed by atoms with van der Waals surface area (Å²) in [6, 6.07) is 3.54. The van der Waals surface area contributed by atoms with Crippen molar-refractivity contribution in [2.45, 2.75) is 19.6 Å². The van der Waals surface area contributed by atoms with Crippen LogP contribution in [-0.4, -0.2) is 57.2 Å². The maximum atomic E-state index is 12.3. The molecule has 0 amide bonds. The highest BCUT2D eigenvalue weighted by molar-refractivity contribution is 6.29. The van der Waals surface area contributed by atoms with Gasteiger partial charge in [0.1, 0.15) is 23.5 Å². The predicted octanol–water partition coefficient (Wildman–Crippen LogP) is 3.29. The number of hydrogen-bond donors (Lipinski definition) is 1. The summed E-state index contributed by atoms with van der Waals surface area (Å²) in [4.78, 5) is 24.5. The molecule has 0 aromatic carbocycles. The van der Waals surface area contributed by atoms with Crippen LogP contribution in [0.5, 0.6) is 0 Å². The van der Waals surface area contributed by atoms with E-state index in [9.17, 15) is 18.0 Å². The first kappa shape index (κ1) is 21.7. The second-order valence-corrected chi connectivity index (χ2v) is 6.45. The minimum atomic E-state index is -4.45. The summed E-state index contributed by atoms with van der Waals surface area (Å²) in [6.45, 7) is 0.0376. The van der Waals surface area contributed by atoms with Gasteiger partial charge in [0.15, 0.2) is 11.5 Å². The van der Waals surface area contributed by atoms with E-state index in [0.29, 0.717) is 5.82 Å². The quantitative estimate of drug-likeness (QED) is 0.336. The first-order chi connectivity index (χ1) is 14.2. The number of methoxy groups -OCH3 is 1. The summed E-state index contributed by atoms with van der Waals surface area (Å²) >= 11 is 6.01. The second-order valence-electron chi connectivity index (χ2n) is 6.11. The number of carbonyl (C=O) groups excluding carboxylic acids is 1. The third kappa shape index (κ3) is 5.13. The van der Waals surface area contributed by atoms with Gasteiger partial charge in [-0.1, -0.05) is 0 Å². The van der Waals surface area contributed by atoms with Crippen molar-refractivity contribution in [1.82, 2.24) is 24.7 Å². The highest BCUT2D eigenvalue weighted by Gasteiger charge is 2.28. The Morgan fingerprint density at radius 3 is 2.77 bits per heavy atom. The van der Waals surface area contributed by atoms with E-state index in [0.717, 1.165) is 12.7 Å². The van der Waals surface area contributed by atoms with E-state index in [-0.39, 0.29) is 41.0 Å². The van der Waals surface area contributed by atoms with Gasteiger partial charge < -0.3 is 14.8 Å². The Labute approximate surface area is 173 Å². The average Bonchev–Trinajstić information content (AvgIpc) is 3.02. The Balaban J connectivity index is 2.02. The number of esters is 1. The molecule has 0 spiro atoms. The lowest BCUT2D eigenvalue weighted by Crippen LogP contribution is -2.19. The van der Waals surface area contributed by atoms with Gasteiger partial charge in [-0.25, -0.2) is 14.8 Å². The fraction of sp³-hybridized carbons (Fsp3) is 0.353. The minimum Gasteiger partial charge on any atom is -0.464 e. The largest absolute Gasteiger partial charge is 0.464 e. The van der Waals surface area contributed by atoms with Crippen molar-refractivity contribution >= 4 is 40.2 Å². The molecule has 0 aliphatic rings. The third-order valence-electron chi connectivity index (χ3n) is 3.81. The fourth-order valence-corrected chi connectivity index (χ4v) is 2.77. The molecule has 0 aliphatic carbocycles. The van der Waals surface area contributed by atoms with Gasteiger partial charge in [0.2, 0.25) is 5.28 Å². The average molecular weight is 445 g/mol. The van der Waals surface area contributed by atoms with Crippen LogP contribution in [0.3, 0.4) is 0 Å². The molecule has 3 aromatic heterocycles. The Morgan fingerprint density at radius 2 is 2.10 bits per heavy atom. The molecule has 3 aromatic rings. The number of aromatic nitrogens is 5. The van der Waals surface area contributed by atoms with Gasteiger partial charge in [-0.05, 0) is 36.2 Å². The summed E-state index contributed by atoms with van der Waals surface area (Å²) in [5.41, 5.74) is 1.08. The highest BCUT2D eigenvalue weighted by atomic mass is 35.5. The molecule has 0 aliphatic heterocycles. The van der Waals surface area contributed by atoms with Crippen LogP contribution >= 0.6 is 11.6 Å². The third-order valence-corrected chi connectivity index (χ3v) is 3.98. The minimum absolute atomic E-state index is 0.0767. The molecule has 0 radical (unpaired) electrons. The Morgan fingerprint density at radius 1 is 1.33 bits per heavy atom. The van der Waals surface area contributed by atoms with E-state index >= 15 is 0 Å². The Kier molecular flexibility index (Phi) is 6.37. The van der Waals surface area contributed by atoms with Crippen LogP contribution in [0.15, 0.2) is 18.3 Å². The highest BCUT2D eigenvalue weighted by Crippen LogP contribution is 2.28. The van der Waals surface area contributed by atoms with Crippen molar-refractivity contribution in [2.24, 2.45) is 0 Å². The molecule has 160 valence electrons. The Hall–Kier alpha value is -2.99. The molecule has 0 saturated carbocycles. The molecule has 0 saturated heterocycles. The summed E-state index contributed by atoms with van der Waals surface area (Å²) in [5, 5.41) is 6.92. The van der Waals surface area contributed by atoms with Crippen LogP contribution in [0.4, 0.5) is 24.8 Å². The number of pyridine rings is 1. The number of ether oxygens (including phenoxy) is 2. The first-order valence-electron chi connectivity index (χ1n) is 8.54. The number of fused-ring (bicyclic) bond motifs is 1. The van der Waals surface area contributed by atoms with Crippen molar-refractivity contribution in [3.05, 3.63) is 34.9 Å². The standard InChI is InChI=1S/C17H16ClF3N6O3/c1-9-3-4-22-10(7-9)23-14-13-11(24-16(18)25-14)12(15(28)29-2)26-27(13)5-6-30-8-17(19,20)21/h3-4,7H,5-6,8H2,1-2H3,(H,22,23,24,25). The molecule has 30 heavy (non-hydrogen) atoms. The van der Waals surface area contributed by atoms with Gasteiger partial charge in [0.05, 0.1) is 20.3 Å². The number of halogens is 4. The predicted molar refractivity (Wildman–Crippen MR) is 101 cm³/mol. The monoisotopic (exact) mass is 444 g/mol. The van der Waals surface area contributed by atoms with Gasteiger partial charge in [-0.3, -0.25) is 4.68 Å². The van der Waals surface area contributed by atoms with Crippen LogP contribution in [0, 0.1) is 6.92 Å². The summed E-state index contributed by atoms with van der Waals surface area (Å²) in [6.07, 6.45) is -2.87. The topological polar surface area (TPSA) is 104 Å². The van der Waals surface area contributed by atoms with Gasteiger partial charge in [-0.2, -0.15) is 23.3 Å². The van der Waals surface area contributed by atoms with Crippen molar-refractivity contribution < 1.29 is 27.4 Å². The zero-order valence-electron chi connectivity index (χ0n) is 15.8. The molecule has 0 bridgehead atoms. The zero-order chi connectivity index (χ0) is 21.9. The molecule has 0 fully saturated rings. The molecule has 3 heterocycles. The molecule has 13 heteroatoms. The van der Waals surface area contributed by atoms with Crippen LogP contribution in [-0.2, 0) is 16.0 Å². The normalized spacial score (nSPS) is 11.7. The first-order valence-corrected chi connectivity index (χ1v) is 8.92. The number of alkyl halides is 3. The summed E-state index contributed by atoms with van der Waals surface area (Å²) in [7, 11) is 1.16. The fourth-order valence-electron chi connectivity index (χ4n) is 2.60. The molecule has 0 atom stereocenters. The number of nitrogens with zero attached hydrogens (tertiary/aromatic N) is 5. The molecular weight excluding hydrogens is 429 g/mol. The lowest BCUT2D eigenvalue weighted by Gasteiger charge is -2.11. The molecular formula is C17H16ClF3N6O3.